The highest BCUT2D eigenvalue weighted by Gasteiger charge is 1.97. The molecule has 1 radical (unpaired) electrons. The zero-order valence-electron chi connectivity index (χ0n) is 6.45. The molecule has 0 N–H and O–H groups in total. The summed E-state index contributed by atoms with van der Waals surface area (Å²) in [6.45, 7) is 3.51. The summed E-state index contributed by atoms with van der Waals surface area (Å²) in [5.74, 6) is 0. The number of hydrogen-bond acceptors (Lipinski definition) is 4. The Hall–Kier alpha value is -0.0951. The monoisotopic (exact) mass is 159 g/mol. The van der Waals surface area contributed by atoms with Crippen molar-refractivity contribution in [2.75, 3.05) is 39.6 Å². The van der Waals surface area contributed by atoms with Crippen LogP contribution in [-0.2, 0) is 18.8 Å². The third-order valence-corrected chi connectivity index (χ3v) is 1.20. The maximum Gasteiger partial charge on any atom is 0.488 e. The quantitative estimate of drug-likeness (QED) is 0.450. The Morgan fingerprint density at radius 3 is 1.64 bits per heavy atom. The van der Waals surface area contributed by atoms with E-state index in [0.29, 0.717) is 39.6 Å². The summed E-state index contributed by atoms with van der Waals surface area (Å²) in [5, 5.41) is 0. The molecule has 1 aliphatic rings. The van der Waals surface area contributed by atoms with Gasteiger partial charge in [-0.25, -0.2) is 0 Å². The molecule has 4 nitrogen and oxygen atoms in total. The van der Waals surface area contributed by atoms with Crippen LogP contribution in [0.15, 0.2) is 0 Å². The molecule has 0 atom stereocenters. The standard InChI is InChI=1S/C6H12BO4/c1-2-9-4-6-11-7-10-5-3-8-1/h1-6H2. The van der Waals surface area contributed by atoms with Crippen LogP contribution in [0.4, 0.5) is 0 Å². The van der Waals surface area contributed by atoms with Crippen LogP contribution in [0.25, 0.3) is 0 Å². The minimum atomic E-state index is 0.542. The molecule has 0 aromatic carbocycles. The normalized spacial score (nSPS) is 23.3. The number of ether oxygens (including phenoxy) is 2. The van der Waals surface area contributed by atoms with E-state index in [4.69, 9.17) is 18.8 Å². The highest BCUT2D eigenvalue weighted by Crippen LogP contribution is 1.84. The van der Waals surface area contributed by atoms with Crippen LogP contribution in [0.5, 0.6) is 0 Å². The van der Waals surface area contributed by atoms with Crippen molar-refractivity contribution in [1.29, 1.82) is 0 Å². The van der Waals surface area contributed by atoms with Crippen molar-refractivity contribution in [3.63, 3.8) is 0 Å². The van der Waals surface area contributed by atoms with Crippen molar-refractivity contribution in [3.05, 3.63) is 0 Å². The molecule has 0 aromatic heterocycles. The highest BCUT2D eigenvalue weighted by atomic mass is 16.6. The minimum absolute atomic E-state index is 0.542. The van der Waals surface area contributed by atoms with Gasteiger partial charge in [-0.3, -0.25) is 0 Å². The van der Waals surface area contributed by atoms with Crippen LogP contribution >= 0.6 is 0 Å². The van der Waals surface area contributed by atoms with Crippen LogP contribution in [0.3, 0.4) is 0 Å². The first-order valence-corrected chi connectivity index (χ1v) is 3.70. The summed E-state index contributed by atoms with van der Waals surface area (Å²) in [7, 11) is 1.33. The number of rotatable bonds is 0. The summed E-state index contributed by atoms with van der Waals surface area (Å²) in [5.41, 5.74) is 0. The fourth-order valence-corrected chi connectivity index (χ4v) is 0.680. The fraction of sp³-hybridized carbons (Fsp3) is 1.00. The SMILES string of the molecule is [B]1OCCOCCOCCO1. The second kappa shape index (κ2) is 6.60. The smallest absolute Gasteiger partial charge is 0.411 e. The van der Waals surface area contributed by atoms with Crippen molar-refractivity contribution in [1.82, 2.24) is 0 Å². The summed E-state index contributed by atoms with van der Waals surface area (Å²) in [4.78, 5) is 0. The van der Waals surface area contributed by atoms with E-state index in [1.165, 1.54) is 7.69 Å². The molecule has 1 heterocycles. The molecule has 63 valence electrons. The van der Waals surface area contributed by atoms with Crippen LogP contribution in [0, 0.1) is 0 Å². The van der Waals surface area contributed by atoms with E-state index in [1.54, 1.807) is 0 Å². The lowest BCUT2D eigenvalue weighted by molar-refractivity contribution is 0.0375. The molecular weight excluding hydrogens is 147 g/mol. The summed E-state index contributed by atoms with van der Waals surface area (Å²) < 4.78 is 20.2. The average Bonchev–Trinajstić information content (AvgIpc) is 2.08. The molecular formula is C6H12BO4. The van der Waals surface area contributed by atoms with Gasteiger partial charge in [-0.05, 0) is 0 Å². The van der Waals surface area contributed by atoms with E-state index in [-0.39, 0.29) is 0 Å². The lowest BCUT2D eigenvalue weighted by atomic mass is 10.4. The zero-order chi connectivity index (χ0) is 7.78. The third kappa shape index (κ3) is 5.20. The van der Waals surface area contributed by atoms with Crippen LogP contribution in [0.2, 0.25) is 0 Å². The fourth-order valence-electron chi connectivity index (χ4n) is 0.680. The van der Waals surface area contributed by atoms with E-state index < -0.39 is 0 Å². The molecule has 1 saturated heterocycles. The van der Waals surface area contributed by atoms with E-state index in [0.717, 1.165) is 0 Å². The average molecular weight is 159 g/mol. The Labute approximate surface area is 67.1 Å². The Bertz CT molecular complexity index is 52.6. The first-order valence-electron chi connectivity index (χ1n) is 3.70. The van der Waals surface area contributed by atoms with Gasteiger partial charge in [0.25, 0.3) is 0 Å². The van der Waals surface area contributed by atoms with Gasteiger partial charge in [0.2, 0.25) is 0 Å². The van der Waals surface area contributed by atoms with Gasteiger partial charge < -0.3 is 18.8 Å². The molecule has 0 aliphatic carbocycles. The Balaban J connectivity index is 2.02. The van der Waals surface area contributed by atoms with Gasteiger partial charge in [-0.2, -0.15) is 0 Å². The summed E-state index contributed by atoms with van der Waals surface area (Å²) in [6, 6.07) is 0. The molecule has 0 bridgehead atoms. The van der Waals surface area contributed by atoms with Gasteiger partial charge in [-0.15, -0.1) is 0 Å². The van der Waals surface area contributed by atoms with Crippen molar-refractivity contribution < 1.29 is 18.8 Å². The number of hydrogen-bond donors (Lipinski definition) is 0. The van der Waals surface area contributed by atoms with Gasteiger partial charge >= 0.3 is 7.69 Å². The lowest BCUT2D eigenvalue weighted by Gasteiger charge is -2.01. The Kier molecular flexibility index (Phi) is 5.40. The first-order chi connectivity index (χ1) is 5.50. The maximum atomic E-state index is 5.14. The largest absolute Gasteiger partial charge is 0.488 e. The highest BCUT2D eigenvalue weighted by molar-refractivity contribution is 6.17. The maximum absolute atomic E-state index is 5.14. The molecule has 1 aliphatic heterocycles. The molecule has 1 rings (SSSR count). The molecule has 0 spiro atoms. The summed E-state index contributed by atoms with van der Waals surface area (Å²) in [6.07, 6.45) is 0. The van der Waals surface area contributed by atoms with Crippen LogP contribution in [-0.4, -0.2) is 47.3 Å². The zero-order valence-corrected chi connectivity index (χ0v) is 6.45. The molecule has 0 amide bonds. The topological polar surface area (TPSA) is 36.9 Å². The molecule has 5 heteroatoms. The van der Waals surface area contributed by atoms with Gasteiger partial charge in [0.15, 0.2) is 0 Å². The van der Waals surface area contributed by atoms with Crippen molar-refractivity contribution in [2.45, 2.75) is 0 Å². The van der Waals surface area contributed by atoms with E-state index in [9.17, 15) is 0 Å². The molecule has 0 aromatic rings. The molecule has 1 fully saturated rings. The molecule has 0 saturated carbocycles. The van der Waals surface area contributed by atoms with Gasteiger partial charge in [0.05, 0.1) is 39.6 Å². The second-order valence-corrected chi connectivity index (χ2v) is 2.06. The predicted molar refractivity (Wildman–Crippen MR) is 39.3 cm³/mol. The van der Waals surface area contributed by atoms with Gasteiger partial charge in [-0.1, -0.05) is 0 Å². The van der Waals surface area contributed by atoms with Crippen molar-refractivity contribution in [3.8, 4) is 0 Å². The molecule has 11 heavy (non-hydrogen) atoms. The van der Waals surface area contributed by atoms with Crippen LogP contribution in [0.1, 0.15) is 0 Å². The van der Waals surface area contributed by atoms with Gasteiger partial charge in [0.1, 0.15) is 0 Å². The second-order valence-electron chi connectivity index (χ2n) is 2.06. The van der Waals surface area contributed by atoms with E-state index in [1.807, 2.05) is 0 Å². The van der Waals surface area contributed by atoms with Crippen molar-refractivity contribution >= 4 is 7.69 Å². The summed E-state index contributed by atoms with van der Waals surface area (Å²) >= 11 is 0. The predicted octanol–water partition coefficient (Wildman–Crippen LogP) is -0.399. The van der Waals surface area contributed by atoms with E-state index in [2.05, 4.69) is 0 Å². The van der Waals surface area contributed by atoms with Crippen LogP contribution < -0.4 is 0 Å². The van der Waals surface area contributed by atoms with Gasteiger partial charge in [0, 0.05) is 0 Å². The molecule has 0 unspecified atom stereocenters. The van der Waals surface area contributed by atoms with Crippen molar-refractivity contribution in [2.24, 2.45) is 0 Å². The third-order valence-electron chi connectivity index (χ3n) is 1.20. The first kappa shape index (κ1) is 9.00. The lowest BCUT2D eigenvalue weighted by Crippen LogP contribution is -2.10. The Morgan fingerprint density at radius 2 is 1.09 bits per heavy atom. The van der Waals surface area contributed by atoms with E-state index >= 15 is 0 Å². The minimum Gasteiger partial charge on any atom is -0.411 e. The Morgan fingerprint density at radius 1 is 0.636 bits per heavy atom.